The van der Waals surface area contributed by atoms with Crippen molar-refractivity contribution in [2.24, 2.45) is 0 Å². The number of carbonyl (C=O) groups excluding carboxylic acids is 1. The van der Waals surface area contributed by atoms with Gasteiger partial charge in [0.05, 0.1) is 6.61 Å². The van der Waals surface area contributed by atoms with Gasteiger partial charge in [-0.05, 0) is 6.92 Å². The maximum absolute atomic E-state index is 10.4. The van der Waals surface area contributed by atoms with Gasteiger partial charge in [0.2, 0.25) is 0 Å². The molecule has 0 fully saturated rings. The number of nitrogens with one attached hydrogen (secondary N) is 1. The van der Waals surface area contributed by atoms with E-state index in [1.54, 1.807) is 6.92 Å². The van der Waals surface area contributed by atoms with Gasteiger partial charge < -0.3 is 10.4 Å². The first-order valence-electron chi connectivity index (χ1n) is 3.03. The molecule has 0 aromatic carbocycles. The number of carbonyl (C=O) groups is 1. The number of nitrogens with zero attached hydrogens (tertiary/aromatic N) is 1. The molecule has 0 aliphatic heterocycles. The largest absolute Gasteiger partial charge is 0.394 e. The molecule has 0 bridgehead atoms. The summed E-state index contributed by atoms with van der Waals surface area (Å²) in [5.41, 5.74) is 3.09. The zero-order valence-electron chi connectivity index (χ0n) is 5.83. The number of amides is 2. The molecule has 0 aromatic rings. The molecular weight excluding hydrogens is 136 g/mol. The summed E-state index contributed by atoms with van der Waals surface area (Å²) in [7, 11) is 0. The lowest BCUT2D eigenvalue weighted by molar-refractivity contribution is 0.0306. The smallest absolute Gasteiger partial charge is 0.363 e. The summed E-state index contributed by atoms with van der Waals surface area (Å²) in [5, 5.41) is 10.6. The molecule has 0 unspecified atom stereocenters. The molecule has 59 valence electrons. The van der Waals surface area contributed by atoms with Crippen molar-refractivity contribution in [3.63, 3.8) is 0 Å². The van der Waals surface area contributed by atoms with Gasteiger partial charge in [-0.2, -0.15) is 0 Å². The number of aliphatic hydroxyl groups excluding tert-OH is 1. The van der Waals surface area contributed by atoms with Crippen molar-refractivity contribution in [1.82, 2.24) is 10.8 Å². The molecule has 0 saturated heterocycles. The third kappa shape index (κ3) is 5.33. The van der Waals surface area contributed by atoms with E-state index in [0.717, 1.165) is 0 Å². The normalized spacial score (nSPS) is 9.00. The summed E-state index contributed by atoms with van der Waals surface area (Å²) >= 11 is 0. The first-order valence-corrected chi connectivity index (χ1v) is 3.03. The average Bonchev–Trinajstić information content (AvgIpc) is 1.89. The van der Waals surface area contributed by atoms with Crippen LogP contribution in [0.5, 0.6) is 0 Å². The average molecular weight is 147 g/mol. The predicted molar refractivity (Wildman–Crippen MR) is 34.2 cm³/mol. The fourth-order valence-electron chi connectivity index (χ4n) is 0.329. The molecule has 2 amide bonds. The van der Waals surface area contributed by atoms with E-state index in [0.29, 0.717) is 6.54 Å². The van der Waals surface area contributed by atoms with Crippen LogP contribution in [0.1, 0.15) is 6.92 Å². The fraction of sp³-hybridized carbons (Fsp3) is 0.800. The van der Waals surface area contributed by atoms with Gasteiger partial charge in [0.25, 0.3) is 0 Å². The predicted octanol–water partition coefficient (Wildman–Crippen LogP) is -0.756. The SMILES string of the molecule is CCNC(=O)[N]OCCO. The molecule has 0 aromatic heterocycles. The van der Waals surface area contributed by atoms with Crippen LogP contribution in [0.2, 0.25) is 0 Å². The zero-order valence-corrected chi connectivity index (χ0v) is 5.83. The van der Waals surface area contributed by atoms with Crippen molar-refractivity contribution in [3.8, 4) is 0 Å². The summed E-state index contributed by atoms with van der Waals surface area (Å²) in [4.78, 5) is 14.8. The van der Waals surface area contributed by atoms with Gasteiger partial charge in [-0.1, -0.05) is 5.48 Å². The third-order valence-corrected chi connectivity index (χ3v) is 0.658. The number of rotatable bonds is 4. The molecule has 0 rings (SSSR count). The Morgan fingerprint density at radius 1 is 1.80 bits per heavy atom. The highest BCUT2D eigenvalue weighted by atomic mass is 16.7. The molecule has 0 atom stereocenters. The minimum Gasteiger partial charge on any atom is -0.394 e. The lowest BCUT2D eigenvalue weighted by Gasteiger charge is -1.99. The lowest BCUT2D eigenvalue weighted by atomic mass is 10.7. The van der Waals surface area contributed by atoms with Gasteiger partial charge in [0, 0.05) is 6.54 Å². The number of urea groups is 1. The van der Waals surface area contributed by atoms with Gasteiger partial charge >= 0.3 is 6.03 Å². The minimum atomic E-state index is -0.518. The van der Waals surface area contributed by atoms with Gasteiger partial charge in [-0.3, -0.25) is 0 Å². The molecule has 5 nitrogen and oxygen atoms in total. The lowest BCUT2D eigenvalue weighted by Crippen LogP contribution is -2.30. The van der Waals surface area contributed by atoms with Crippen LogP contribution in [0.15, 0.2) is 0 Å². The Labute approximate surface area is 59.3 Å². The molecule has 0 saturated carbocycles. The van der Waals surface area contributed by atoms with E-state index in [2.05, 4.69) is 15.6 Å². The fourth-order valence-corrected chi connectivity index (χ4v) is 0.329. The van der Waals surface area contributed by atoms with Gasteiger partial charge in [0.1, 0.15) is 6.61 Å². The molecule has 2 N–H and O–H groups in total. The Morgan fingerprint density at radius 2 is 2.50 bits per heavy atom. The molecule has 0 aliphatic rings. The summed E-state index contributed by atoms with van der Waals surface area (Å²) in [6.07, 6.45) is 0. The molecular formula is C5H11N2O3. The second-order valence-electron chi connectivity index (χ2n) is 1.48. The molecule has 0 spiro atoms. The van der Waals surface area contributed by atoms with E-state index in [1.807, 2.05) is 0 Å². The highest BCUT2D eigenvalue weighted by Gasteiger charge is 1.97. The van der Waals surface area contributed by atoms with Crippen molar-refractivity contribution in [2.75, 3.05) is 19.8 Å². The Kier molecular flexibility index (Phi) is 5.80. The van der Waals surface area contributed by atoms with Crippen LogP contribution < -0.4 is 10.8 Å². The Balaban J connectivity index is 3.05. The summed E-state index contributed by atoms with van der Waals surface area (Å²) in [5.74, 6) is 0. The molecule has 1 radical (unpaired) electrons. The molecule has 0 heterocycles. The van der Waals surface area contributed by atoms with Crippen molar-refractivity contribution >= 4 is 6.03 Å². The van der Waals surface area contributed by atoms with E-state index < -0.39 is 6.03 Å². The quantitative estimate of drug-likeness (QED) is 0.405. The van der Waals surface area contributed by atoms with Crippen molar-refractivity contribution in [3.05, 3.63) is 0 Å². The van der Waals surface area contributed by atoms with Gasteiger partial charge in [-0.25, -0.2) is 9.63 Å². The summed E-state index contributed by atoms with van der Waals surface area (Å²) in [6.45, 7) is 2.21. The molecule has 5 heteroatoms. The summed E-state index contributed by atoms with van der Waals surface area (Å²) in [6, 6.07) is -0.518. The number of aliphatic hydroxyl groups is 1. The van der Waals surface area contributed by atoms with Gasteiger partial charge in [0.15, 0.2) is 0 Å². The Bertz CT molecular complexity index is 96.9. The molecule has 0 aliphatic carbocycles. The van der Waals surface area contributed by atoms with Crippen molar-refractivity contribution in [1.29, 1.82) is 0 Å². The van der Waals surface area contributed by atoms with Crippen LogP contribution in [-0.2, 0) is 4.84 Å². The van der Waals surface area contributed by atoms with Crippen molar-refractivity contribution < 1.29 is 14.7 Å². The van der Waals surface area contributed by atoms with Crippen LogP contribution in [0, 0.1) is 0 Å². The topological polar surface area (TPSA) is 72.7 Å². The van der Waals surface area contributed by atoms with E-state index in [1.165, 1.54) is 0 Å². The highest BCUT2D eigenvalue weighted by Crippen LogP contribution is 1.70. The first-order chi connectivity index (χ1) is 4.81. The standard InChI is InChI=1S/C5H11N2O3/c1-2-6-5(9)7-10-4-3-8/h8H,2-4H2,1H3,(H,6,9). The monoisotopic (exact) mass is 147 g/mol. The van der Waals surface area contributed by atoms with E-state index >= 15 is 0 Å². The van der Waals surface area contributed by atoms with E-state index in [4.69, 9.17) is 5.11 Å². The van der Waals surface area contributed by atoms with Crippen LogP contribution in [0.25, 0.3) is 0 Å². The second-order valence-corrected chi connectivity index (χ2v) is 1.48. The third-order valence-electron chi connectivity index (χ3n) is 0.658. The maximum atomic E-state index is 10.4. The van der Waals surface area contributed by atoms with Crippen LogP contribution in [0.3, 0.4) is 0 Å². The maximum Gasteiger partial charge on any atom is 0.363 e. The second kappa shape index (κ2) is 6.31. The van der Waals surface area contributed by atoms with Crippen molar-refractivity contribution in [2.45, 2.75) is 6.92 Å². The highest BCUT2D eigenvalue weighted by molar-refractivity contribution is 5.72. The van der Waals surface area contributed by atoms with Crippen LogP contribution >= 0.6 is 0 Å². The number of hydroxylamine groups is 1. The van der Waals surface area contributed by atoms with E-state index in [-0.39, 0.29) is 13.2 Å². The minimum absolute atomic E-state index is 0.0527. The van der Waals surface area contributed by atoms with Crippen LogP contribution in [-0.4, -0.2) is 30.9 Å². The Morgan fingerprint density at radius 3 is 3.00 bits per heavy atom. The first kappa shape index (κ1) is 9.19. The number of hydrogen-bond donors (Lipinski definition) is 2. The van der Waals surface area contributed by atoms with E-state index in [9.17, 15) is 4.79 Å². The zero-order chi connectivity index (χ0) is 7.82. The Hall–Kier alpha value is -0.810. The van der Waals surface area contributed by atoms with Gasteiger partial charge in [-0.15, -0.1) is 0 Å². The number of hydrogen-bond acceptors (Lipinski definition) is 3. The summed E-state index contributed by atoms with van der Waals surface area (Å²) < 4.78 is 0. The molecule has 10 heavy (non-hydrogen) atoms. The van der Waals surface area contributed by atoms with Crippen LogP contribution in [0.4, 0.5) is 4.79 Å².